The maximum absolute atomic E-state index is 12.8. The third-order valence-electron chi connectivity index (χ3n) is 4.04. The molecule has 2 aromatic carbocycles. The molecule has 0 aliphatic carbocycles. The number of rotatable bonds is 7. The fourth-order valence-corrected chi connectivity index (χ4v) is 4.01. The van der Waals surface area contributed by atoms with E-state index in [1.807, 2.05) is 0 Å². The molecule has 0 heterocycles. The molecule has 2 rings (SSSR count). The predicted octanol–water partition coefficient (Wildman–Crippen LogP) is 2.93. The highest BCUT2D eigenvalue weighted by Crippen LogP contribution is 2.34. The van der Waals surface area contributed by atoms with Gasteiger partial charge in [0.1, 0.15) is 11.8 Å². The number of amides is 1. The Bertz CT molecular complexity index is 1010. The first-order valence-electron chi connectivity index (χ1n) is 8.40. The van der Waals surface area contributed by atoms with Crippen molar-refractivity contribution in [1.82, 2.24) is 0 Å². The number of benzene rings is 2. The summed E-state index contributed by atoms with van der Waals surface area (Å²) in [5, 5.41) is 2.92. The summed E-state index contributed by atoms with van der Waals surface area (Å²) in [5.41, 5.74) is 0.854. The standard InChI is InChI=1S/C19H21ClN2O6S/c1-12(18(23)21-15-8-5-13(6-9-15)19(24)28-3)22(29(4,25)26)16-11-14(20)7-10-17(16)27-2/h5-12H,1-4H3,(H,21,23)/t12-/m0/s1. The molecule has 0 radical (unpaired) electrons. The van der Waals surface area contributed by atoms with Crippen molar-refractivity contribution in [3.8, 4) is 5.75 Å². The van der Waals surface area contributed by atoms with Crippen molar-refractivity contribution in [3.05, 3.63) is 53.1 Å². The summed E-state index contributed by atoms with van der Waals surface area (Å²) in [4.78, 5) is 24.2. The first-order chi connectivity index (χ1) is 13.6. The molecule has 0 saturated carbocycles. The number of halogens is 1. The lowest BCUT2D eigenvalue weighted by atomic mass is 10.2. The summed E-state index contributed by atoms with van der Waals surface area (Å²) in [6.45, 7) is 1.44. The number of nitrogens with one attached hydrogen (secondary N) is 1. The van der Waals surface area contributed by atoms with E-state index in [0.29, 0.717) is 16.3 Å². The maximum Gasteiger partial charge on any atom is 0.337 e. The van der Waals surface area contributed by atoms with Gasteiger partial charge >= 0.3 is 5.97 Å². The Hall–Kier alpha value is -2.78. The van der Waals surface area contributed by atoms with Crippen molar-refractivity contribution >= 4 is 44.9 Å². The highest BCUT2D eigenvalue weighted by atomic mass is 35.5. The van der Waals surface area contributed by atoms with Gasteiger partial charge in [0.25, 0.3) is 0 Å². The minimum Gasteiger partial charge on any atom is -0.495 e. The number of hydrogen-bond donors (Lipinski definition) is 1. The second-order valence-electron chi connectivity index (χ2n) is 6.11. The summed E-state index contributed by atoms with van der Waals surface area (Å²) in [6, 6.07) is 9.38. The van der Waals surface area contributed by atoms with Crippen LogP contribution in [-0.2, 0) is 19.6 Å². The normalized spacial score (nSPS) is 12.0. The van der Waals surface area contributed by atoms with Crippen LogP contribution in [0.1, 0.15) is 17.3 Å². The quantitative estimate of drug-likeness (QED) is 0.664. The van der Waals surface area contributed by atoms with Crippen LogP contribution in [-0.4, -0.2) is 46.8 Å². The van der Waals surface area contributed by atoms with Gasteiger partial charge in [-0.05, 0) is 49.4 Å². The van der Waals surface area contributed by atoms with E-state index in [1.54, 1.807) is 6.07 Å². The number of carbonyl (C=O) groups is 2. The molecule has 1 N–H and O–H groups in total. The number of nitrogens with zero attached hydrogens (tertiary/aromatic N) is 1. The molecular weight excluding hydrogens is 420 g/mol. The molecule has 0 saturated heterocycles. The van der Waals surface area contributed by atoms with E-state index in [1.165, 1.54) is 57.5 Å². The van der Waals surface area contributed by atoms with Crippen LogP contribution in [0.15, 0.2) is 42.5 Å². The van der Waals surface area contributed by atoms with Crippen molar-refractivity contribution in [1.29, 1.82) is 0 Å². The molecule has 8 nitrogen and oxygen atoms in total. The molecule has 156 valence electrons. The molecular formula is C19H21ClN2O6S. The average Bonchev–Trinajstić information content (AvgIpc) is 2.67. The Kier molecular flexibility index (Phi) is 7.10. The van der Waals surface area contributed by atoms with Crippen molar-refractivity contribution in [3.63, 3.8) is 0 Å². The summed E-state index contributed by atoms with van der Waals surface area (Å²) < 4.78 is 35.7. The fraction of sp³-hybridized carbons (Fsp3) is 0.263. The Balaban J connectivity index is 2.33. The van der Waals surface area contributed by atoms with Crippen molar-refractivity contribution in [2.45, 2.75) is 13.0 Å². The first-order valence-corrected chi connectivity index (χ1v) is 10.6. The van der Waals surface area contributed by atoms with Gasteiger partial charge in [-0.3, -0.25) is 9.10 Å². The van der Waals surface area contributed by atoms with Crippen LogP contribution in [0.25, 0.3) is 0 Å². The highest BCUT2D eigenvalue weighted by Gasteiger charge is 2.31. The zero-order valence-corrected chi connectivity index (χ0v) is 17.9. The molecule has 0 fully saturated rings. The van der Waals surface area contributed by atoms with Crippen LogP contribution >= 0.6 is 11.6 Å². The second-order valence-corrected chi connectivity index (χ2v) is 8.41. The van der Waals surface area contributed by atoms with Gasteiger partial charge < -0.3 is 14.8 Å². The molecule has 10 heteroatoms. The largest absolute Gasteiger partial charge is 0.495 e. The second kappa shape index (κ2) is 9.15. The van der Waals surface area contributed by atoms with E-state index in [9.17, 15) is 18.0 Å². The van der Waals surface area contributed by atoms with Gasteiger partial charge in [-0.15, -0.1) is 0 Å². The zero-order chi connectivity index (χ0) is 21.8. The minimum absolute atomic E-state index is 0.145. The smallest absolute Gasteiger partial charge is 0.337 e. The Morgan fingerprint density at radius 2 is 1.72 bits per heavy atom. The molecule has 0 bridgehead atoms. The van der Waals surface area contributed by atoms with Crippen molar-refractivity contribution in [2.75, 3.05) is 30.1 Å². The molecule has 0 aromatic heterocycles. The highest BCUT2D eigenvalue weighted by molar-refractivity contribution is 7.92. The lowest BCUT2D eigenvalue weighted by Gasteiger charge is -2.29. The molecule has 2 aromatic rings. The van der Waals surface area contributed by atoms with Gasteiger partial charge in [0.2, 0.25) is 15.9 Å². The lowest BCUT2D eigenvalue weighted by molar-refractivity contribution is -0.116. The van der Waals surface area contributed by atoms with Crippen molar-refractivity contribution < 1.29 is 27.5 Å². The Morgan fingerprint density at radius 3 is 2.24 bits per heavy atom. The zero-order valence-electron chi connectivity index (χ0n) is 16.3. The SMILES string of the molecule is COC(=O)c1ccc(NC(=O)[C@H](C)N(c2cc(Cl)ccc2OC)S(C)(=O)=O)cc1. The lowest BCUT2D eigenvalue weighted by Crippen LogP contribution is -2.45. The number of hydrogen-bond acceptors (Lipinski definition) is 6. The van der Waals surface area contributed by atoms with E-state index >= 15 is 0 Å². The van der Waals surface area contributed by atoms with Crippen LogP contribution in [0.5, 0.6) is 5.75 Å². The summed E-state index contributed by atoms with van der Waals surface area (Å²) in [5.74, 6) is -0.835. The van der Waals surface area contributed by atoms with E-state index < -0.39 is 27.9 Å². The monoisotopic (exact) mass is 440 g/mol. The average molecular weight is 441 g/mol. The third-order valence-corrected chi connectivity index (χ3v) is 5.50. The number of anilines is 2. The van der Waals surface area contributed by atoms with Gasteiger partial charge in [0.05, 0.1) is 31.7 Å². The van der Waals surface area contributed by atoms with Crippen LogP contribution < -0.4 is 14.4 Å². The third kappa shape index (κ3) is 5.39. The van der Waals surface area contributed by atoms with Gasteiger partial charge in [-0.2, -0.15) is 0 Å². The summed E-state index contributed by atoms with van der Waals surface area (Å²) >= 11 is 6.02. The van der Waals surface area contributed by atoms with E-state index in [2.05, 4.69) is 10.1 Å². The van der Waals surface area contributed by atoms with Gasteiger partial charge in [0.15, 0.2) is 0 Å². The Morgan fingerprint density at radius 1 is 1.10 bits per heavy atom. The molecule has 1 atom stereocenters. The van der Waals surface area contributed by atoms with Crippen LogP contribution in [0.3, 0.4) is 0 Å². The van der Waals surface area contributed by atoms with Crippen molar-refractivity contribution in [2.24, 2.45) is 0 Å². The summed E-state index contributed by atoms with van der Waals surface area (Å²) in [7, 11) is -1.20. The number of sulfonamides is 1. The number of esters is 1. The maximum atomic E-state index is 12.8. The van der Waals surface area contributed by atoms with Crippen LogP contribution in [0.4, 0.5) is 11.4 Å². The molecule has 1 amide bonds. The number of carbonyl (C=O) groups excluding carboxylic acids is 2. The number of ether oxygens (including phenoxy) is 2. The van der Waals surface area contributed by atoms with Crippen LogP contribution in [0, 0.1) is 0 Å². The van der Waals surface area contributed by atoms with Gasteiger partial charge in [-0.25, -0.2) is 13.2 Å². The van der Waals surface area contributed by atoms with Gasteiger partial charge in [0, 0.05) is 10.7 Å². The predicted molar refractivity (Wildman–Crippen MR) is 111 cm³/mol. The van der Waals surface area contributed by atoms with Crippen LogP contribution in [0.2, 0.25) is 5.02 Å². The molecule has 0 aliphatic heterocycles. The fourth-order valence-electron chi connectivity index (χ4n) is 2.67. The van der Waals surface area contributed by atoms with E-state index in [0.717, 1.165) is 10.6 Å². The summed E-state index contributed by atoms with van der Waals surface area (Å²) in [6.07, 6.45) is 0.988. The number of methoxy groups -OCH3 is 2. The van der Waals surface area contributed by atoms with Gasteiger partial charge in [-0.1, -0.05) is 11.6 Å². The molecule has 0 spiro atoms. The molecule has 0 unspecified atom stereocenters. The Labute approximate surface area is 174 Å². The van der Waals surface area contributed by atoms with E-state index in [-0.39, 0.29) is 11.4 Å². The minimum atomic E-state index is -3.85. The van der Waals surface area contributed by atoms with E-state index in [4.69, 9.17) is 16.3 Å². The first kappa shape index (κ1) is 22.5. The molecule has 0 aliphatic rings. The topological polar surface area (TPSA) is 102 Å². The molecule has 29 heavy (non-hydrogen) atoms.